The Hall–Kier alpha value is -1.14. The Kier molecular flexibility index (Phi) is 2.62. The standard InChI is InChI=1S/C10H13NO4/c1-10(14-5-6-15-10)8-3-2-4-9(7-8)11(12)13/h2-4,7,12-13H,5-6H2,1H3. The number of hydrogen-bond acceptors (Lipinski definition) is 5. The summed E-state index contributed by atoms with van der Waals surface area (Å²) in [4.78, 5) is 0. The van der Waals surface area contributed by atoms with Crippen LogP contribution in [0.25, 0.3) is 0 Å². The molecule has 1 saturated heterocycles. The van der Waals surface area contributed by atoms with Crippen LogP contribution in [0.3, 0.4) is 0 Å². The molecule has 0 radical (unpaired) electrons. The Morgan fingerprint density at radius 1 is 1.27 bits per heavy atom. The molecule has 0 saturated carbocycles. The first-order valence-electron chi connectivity index (χ1n) is 4.68. The van der Waals surface area contributed by atoms with Gasteiger partial charge in [0.1, 0.15) is 0 Å². The second-order valence-electron chi connectivity index (χ2n) is 3.48. The van der Waals surface area contributed by atoms with Crippen molar-refractivity contribution in [2.75, 3.05) is 18.4 Å². The van der Waals surface area contributed by atoms with Crippen molar-refractivity contribution in [3.8, 4) is 0 Å². The number of rotatable bonds is 2. The van der Waals surface area contributed by atoms with Gasteiger partial charge in [-0.25, -0.2) is 0 Å². The van der Waals surface area contributed by atoms with Crippen LogP contribution in [0.1, 0.15) is 12.5 Å². The maximum absolute atomic E-state index is 8.88. The van der Waals surface area contributed by atoms with Gasteiger partial charge in [0.2, 0.25) is 0 Å². The molecular formula is C10H13NO4. The number of nitrogens with zero attached hydrogens (tertiary/aromatic N) is 1. The fourth-order valence-corrected chi connectivity index (χ4v) is 1.59. The topological polar surface area (TPSA) is 62.2 Å². The minimum absolute atomic E-state index is 0.0712. The quantitative estimate of drug-likeness (QED) is 0.726. The summed E-state index contributed by atoms with van der Waals surface area (Å²) in [6, 6.07) is 6.70. The molecule has 0 amide bonds. The molecule has 5 nitrogen and oxygen atoms in total. The lowest BCUT2D eigenvalue weighted by Crippen LogP contribution is -2.23. The van der Waals surface area contributed by atoms with Crippen LogP contribution in [0.4, 0.5) is 5.69 Å². The number of anilines is 1. The fourth-order valence-electron chi connectivity index (χ4n) is 1.59. The van der Waals surface area contributed by atoms with E-state index in [1.807, 2.05) is 6.07 Å². The summed E-state index contributed by atoms with van der Waals surface area (Å²) in [6.07, 6.45) is 0. The molecule has 0 aromatic heterocycles. The molecule has 1 aliphatic heterocycles. The number of hydrogen-bond donors (Lipinski definition) is 2. The second-order valence-corrected chi connectivity index (χ2v) is 3.48. The highest BCUT2D eigenvalue weighted by Gasteiger charge is 2.33. The molecule has 0 unspecified atom stereocenters. The Morgan fingerprint density at radius 3 is 2.53 bits per heavy atom. The van der Waals surface area contributed by atoms with Gasteiger partial charge in [-0.05, 0) is 19.1 Å². The molecule has 2 rings (SSSR count). The summed E-state index contributed by atoms with van der Waals surface area (Å²) >= 11 is 0. The zero-order valence-electron chi connectivity index (χ0n) is 8.38. The van der Waals surface area contributed by atoms with Gasteiger partial charge in [-0.2, -0.15) is 0 Å². The van der Waals surface area contributed by atoms with Gasteiger partial charge in [0.25, 0.3) is 0 Å². The van der Waals surface area contributed by atoms with Crippen LogP contribution in [0.2, 0.25) is 0 Å². The van der Waals surface area contributed by atoms with Crippen molar-refractivity contribution >= 4 is 5.69 Å². The van der Waals surface area contributed by atoms with Crippen LogP contribution in [0.5, 0.6) is 0 Å². The Bertz CT molecular complexity index is 347. The van der Waals surface area contributed by atoms with Crippen LogP contribution >= 0.6 is 0 Å². The minimum atomic E-state index is -0.786. The van der Waals surface area contributed by atoms with Crippen LogP contribution in [0, 0.1) is 0 Å². The van der Waals surface area contributed by atoms with Gasteiger partial charge >= 0.3 is 0 Å². The van der Waals surface area contributed by atoms with E-state index in [0.717, 1.165) is 5.56 Å². The first-order chi connectivity index (χ1) is 7.12. The zero-order chi connectivity index (χ0) is 10.9. The molecule has 5 heteroatoms. The van der Waals surface area contributed by atoms with Crippen molar-refractivity contribution in [3.05, 3.63) is 29.8 Å². The van der Waals surface area contributed by atoms with Gasteiger partial charge in [0, 0.05) is 5.56 Å². The largest absolute Gasteiger partial charge is 0.344 e. The summed E-state index contributed by atoms with van der Waals surface area (Å²) in [7, 11) is 0. The van der Waals surface area contributed by atoms with Crippen LogP contribution in [-0.4, -0.2) is 23.6 Å². The highest BCUT2D eigenvalue weighted by molar-refractivity contribution is 5.45. The SMILES string of the molecule is CC1(c2cccc(N(O)O)c2)OCCO1. The Labute approximate surface area is 87.4 Å². The molecule has 82 valence electrons. The molecular weight excluding hydrogens is 198 g/mol. The molecule has 0 atom stereocenters. The summed E-state index contributed by atoms with van der Waals surface area (Å²) in [5.74, 6) is -0.786. The van der Waals surface area contributed by atoms with E-state index < -0.39 is 5.79 Å². The molecule has 1 fully saturated rings. The first kappa shape index (κ1) is 10.4. The van der Waals surface area contributed by atoms with Crippen molar-refractivity contribution in [2.45, 2.75) is 12.7 Å². The molecule has 0 bridgehead atoms. The lowest BCUT2D eigenvalue weighted by atomic mass is 10.1. The van der Waals surface area contributed by atoms with Crippen LogP contribution in [-0.2, 0) is 15.3 Å². The van der Waals surface area contributed by atoms with Gasteiger partial charge in [-0.3, -0.25) is 10.4 Å². The van der Waals surface area contributed by atoms with E-state index in [1.165, 1.54) is 0 Å². The van der Waals surface area contributed by atoms with Crippen molar-refractivity contribution in [2.24, 2.45) is 0 Å². The molecule has 1 aromatic rings. The zero-order valence-corrected chi connectivity index (χ0v) is 8.38. The summed E-state index contributed by atoms with van der Waals surface area (Å²) in [6.45, 7) is 2.89. The van der Waals surface area contributed by atoms with Crippen LogP contribution in [0.15, 0.2) is 24.3 Å². The summed E-state index contributed by atoms with van der Waals surface area (Å²) < 4.78 is 10.9. The third-order valence-electron chi connectivity index (χ3n) is 2.44. The van der Waals surface area contributed by atoms with E-state index in [1.54, 1.807) is 25.1 Å². The fraction of sp³-hybridized carbons (Fsp3) is 0.400. The average molecular weight is 211 g/mol. The Balaban J connectivity index is 2.31. The van der Waals surface area contributed by atoms with E-state index in [2.05, 4.69) is 0 Å². The van der Waals surface area contributed by atoms with Gasteiger partial charge < -0.3 is 9.47 Å². The minimum Gasteiger partial charge on any atom is -0.344 e. The second kappa shape index (κ2) is 3.79. The van der Waals surface area contributed by atoms with E-state index in [9.17, 15) is 0 Å². The van der Waals surface area contributed by atoms with E-state index in [-0.39, 0.29) is 10.9 Å². The summed E-state index contributed by atoms with van der Waals surface area (Å²) in [5, 5.41) is 17.8. The first-order valence-corrected chi connectivity index (χ1v) is 4.68. The smallest absolute Gasteiger partial charge is 0.192 e. The third-order valence-corrected chi connectivity index (χ3v) is 2.44. The van der Waals surface area contributed by atoms with Crippen LogP contribution < -0.4 is 5.23 Å². The number of benzene rings is 1. The number of ether oxygens (including phenoxy) is 2. The van der Waals surface area contributed by atoms with Crippen molar-refractivity contribution in [1.29, 1.82) is 0 Å². The van der Waals surface area contributed by atoms with E-state index >= 15 is 0 Å². The Morgan fingerprint density at radius 2 is 1.93 bits per heavy atom. The highest BCUT2D eigenvalue weighted by atomic mass is 16.8. The van der Waals surface area contributed by atoms with Gasteiger partial charge in [0.05, 0.1) is 18.9 Å². The highest BCUT2D eigenvalue weighted by Crippen LogP contribution is 2.32. The molecule has 1 heterocycles. The maximum atomic E-state index is 8.88. The lowest BCUT2D eigenvalue weighted by molar-refractivity contribution is -0.149. The van der Waals surface area contributed by atoms with Crippen molar-refractivity contribution in [1.82, 2.24) is 0 Å². The van der Waals surface area contributed by atoms with E-state index in [0.29, 0.717) is 13.2 Å². The normalized spacial score (nSPS) is 19.1. The monoisotopic (exact) mass is 211 g/mol. The summed E-state index contributed by atoms with van der Waals surface area (Å²) in [5.41, 5.74) is 1.03. The van der Waals surface area contributed by atoms with Gasteiger partial charge in [0.15, 0.2) is 5.79 Å². The predicted molar refractivity (Wildman–Crippen MR) is 51.8 cm³/mol. The molecule has 1 aliphatic rings. The maximum Gasteiger partial charge on any atom is 0.192 e. The molecule has 0 aliphatic carbocycles. The van der Waals surface area contributed by atoms with Gasteiger partial charge in [-0.1, -0.05) is 12.1 Å². The van der Waals surface area contributed by atoms with E-state index in [4.69, 9.17) is 19.9 Å². The molecule has 2 N–H and O–H groups in total. The average Bonchev–Trinajstić information content (AvgIpc) is 2.67. The third kappa shape index (κ3) is 1.95. The van der Waals surface area contributed by atoms with Crippen molar-refractivity contribution in [3.63, 3.8) is 0 Å². The van der Waals surface area contributed by atoms with Crippen molar-refractivity contribution < 1.29 is 19.9 Å². The molecule has 1 aromatic carbocycles. The molecule has 15 heavy (non-hydrogen) atoms. The predicted octanol–water partition coefficient (Wildman–Crippen LogP) is 1.49. The van der Waals surface area contributed by atoms with Gasteiger partial charge in [-0.15, -0.1) is 5.23 Å². The lowest BCUT2D eigenvalue weighted by Gasteiger charge is -2.23. The molecule has 0 spiro atoms.